The van der Waals surface area contributed by atoms with E-state index in [1.54, 1.807) is 4.90 Å². The van der Waals surface area contributed by atoms with Gasteiger partial charge in [0.05, 0.1) is 0 Å². The molecule has 0 saturated carbocycles. The number of piperazine rings is 1. The van der Waals surface area contributed by atoms with Crippen molar-refractivity contribution in [3.05, 3.63) is 35.4 Å². The Bertz CT molecular complexity index is 654. The molecule has 3 atom stereocenters. The lowest BCUT2D eigenvalue weighted by Crippen LogP contribution is -2.61. The lowest BCUT2D eigenvalue weighted by atomic mass is 9.99. The lowest BCUT2D eigenvalue weighted by molar-refractivity contribution is -0.147. The second-order valence-corrected chi connectivity index (χ2v) is 8.41. The summed E-state index contributed by atoms with van der Waals surface area (Å²) in [6.07, 6.45) is 1.39. The predicted molar refractivity (Wildman–Crippen MR) is 103 cm³/mol. The van der Waals surface area contributed by atoms with Crippen molar-refractivity contribution < 1.29 is 9.59 Å². The van der Waals surface area contributed by atoms with Crippen LogP contribution in [-0.4, -0.2) is 41.4 Å². The van der Waals surface area contributed by atoms with Gasteiger partial charge in [-0.05, 0) is 35.8 Å². The topological polar surface area (TPSA) is 61.4 Å². The SMILES string of the molecule is CC(C)C[C@H]1NC(=O)[C@@H]2C[C@H](NCc3ccc(C(C)C)cc3)CN2C1=O. The zero-order chi connectivity index (χ0) is 18.8. The maximum atomic E-state index is 12.7. The van der Waals surface area contributed by atoms with Crippen LogP contribution in [0.3, 0.4) is 0 Å². The summed E-state index contributed by atoms with van der Waals surface area (Å²) >= 11 is 0. The van der Waals surface area contributed by atoms with Crippen LogP contribution in [-0.2, 0) is 16.1 Å². The molecule has 2 heterocycles. The van der Waals surface area contributed by atoms with Gasteiger partial charge in [-0.2, -0.15) is 0 Å². The van der Waals surface area contributed by atoms with Gasteiger partial charge in [-0.1, -0.05) is 52.0 Å². The zero-order valence-corrected chi connectivity index (χ0v) is 16.3. The van der Waals surface area contributed by atoms with E-state index in [-0.39, 0.29) is 29.9 Å². The standard InChI is InChI=1S/C21H31N3O2/c1-13(2)9-18-21(26)24-12-17(10-19(24)20(25)23-18)22-11-15-5-7-16(8-6-15)14(3)4/h5-8,13-14,17-19,22H,9-12H2,1-4H3,(H,23,25)/t17-,18+,19-/m0/s1. The fourth-order valence-corrected chi connectivity index (χ4v) is 3.92. The minimum absolute atomic E-state index is 0.000774. The average molecular weight is 357 g/mol. The van der Waals surface area contributed by atoms with Gasteiger partial charge < -0.3 is 15.5 Å². The number of hydrogen-bond donors (Lipinski definition) is 2. The van der Waals surface area contributed by atoms with Crippen molar-refractivity contribution in [2.45, 2.75) is 71.1 Å². The van der Waals surface area contributed by atoms with Crippen LogP contribution in [0.5, 0.6) is 0 Å². The number of rotatable bonds is 6. The summed E-state index contributed by atoms with van der Waals surface area (Å²) in [6.45, 7) is 9.91. The molecule has 2 fully saturated rings. The summed E-state index contributed by atoms with van der Waals surface area (Å²) in [5.74, 6) is 0.993. The molecule has 0 aromatic heterocycles. The van der Waals surface area contributed by atoms with E-state index in [1.807, 2.05) is 0 Å². The highest BCUT2D eigenvalue weighted by Crippen LogP contribution is 2.25. The second-order valence-electron chi connectivity index (χ2n) is 8.41. The number of benzene rings is 1. The van der Waals surface area contributed by atoms with Crippen molar-refractivity contribution in [1.29, 1.82) is 0 Å². The Kier molecular flexibility index (Phi) is 5.66. The number of nitrogens with one attached hydrogen (secondary N) is 2. The minimum atomic E-state index is -0.360. The number of hydrogen-bond acceptors (Lipinski definition) is 3. The number of carbonyl (C=O) groups is 2. The van der Waals surface area contributed by atoms with E-state index in [0.29, 0.717) is 31.2 Å². The van der Waals surface area contributed by atoms with Crippen molar-refractivity contribution in [2.75, 3.05) is 6.54 Å². The first-order valence-electron chi connectivity index (χ1n) is 9.78. The third-order valence-corrected chi connectivity index (χ3v) is 5.45. The van der Waals surface area contributed by atoms with Crippen molar-refractivity contribution in [1.82, 2.24) is 15.5 Å². The Morgan fingerprint density at radius 2 is 1.85 bits per heavy atom. The normalized spacial score (nSPS) is 25.8. The number of fused-ring (bicyclic) bond motifs is 1. The molecule has 0 unspecified atom stereocenters. The van der Waals surface area contributed by atoms with Gasteiger partial charge >= 0.3 is 0 Å². The molecular formula is C21H31N3O2. The first kappa shape index (κ1) is 18.9. The fourth-order valence-electron chi connectivity index (χ4n) is 3.92. The molecule has 0 bridgehead atoms. The van der Waals surface area contributed by atoms with Gasteiger partial charge in [-0.25, -0.2) is 0 Å². The Hall–Kier alpha value is -1.88. The molecule has 2 N–H and O–H groups in total. The highest BCUT2D eigenvalue weighted by Gasteiger charge is 2.46. The van der Waals surface area contributed by atoms with E-state index in [9.17, 15) is 9.59 Å². The van der Waals surface area contributed by atoms with Gasteiger partial charge in [0, 0.05) is 19.1 Å². The summed E-state index contributed by atoms with van der Waals surface area (Å²) in [6, 6.07) is 8.15. The molecule has 1 aromatic rings. The molecule has 2 saturated heterocycles. The van der Waals surface area contributed by atoms with Crippen LogP contribution in [0.25, 0.3) is 0 Å². The van der Waals surface area contributed by atoms with Crippen molar-refractivity contribution >= 4 is 11.8 Å². The lowest BCUT2D eigenvalue weighted by Gasteiger charge is -2.35. The van der Waals surface area contributed by atoms with Crippen molar-refractivity contribution in [3.63, 3.8) is 0 Å². The number of amides is 2. The Morgan fingerprint density at radius 1 is 1.15 bits per heavy atom. The van der Waals surface area contributed by atoms with Crippen LogP contribution in [0.1, 0.15) is 57.6 Å². The smallest absolute Gasteiger partial charge is 0.245 e. The summed E-state index contributed by atoms with van der Waals surface area (Å²) in [4.78, 5) is 26.9. The van der Waals surface area contributed by atoms with E-state index in [2.05, 4.69) is 62.6 Å². The maximum absolute atomic E-state index is 12.7. The third-order valence-electron chi connectivity index (χ3n) is 5.45. The molecule has 2 aliphatic rings. The van der Waals surface area contributed by atoms with Crippen LogP contribution in [0, 0.1) is 5.92 Å². The van der Waals surface area contributed by atoms with Crippen LogP contribution in [0.4, 0.5) is 0 Å². The van der Waals surface area contributed by atoms with E-state index >= 15 is 0 Å². The summed E-state index contributed by atoms with van der Waals surface area (Å²) < 4.78 is 0. The summed E-state index contributed by atoms with van der Waals surface area (Å²) in [5, 5.41) is 6.45. The summed E-state index contributed by atoms with van der Waals surface area (Å²) in [7, 11) is 0. The molecule has 2 amide bonds. The molecule has 2 aliphatic heterocycles. The molecule has 142 valence electrons. The van der Waals surface area contributed by atoms with Gasteiger partial charge in [0.15, 0.2) is 0 Å². The minimum Gasteiger partial charge on any atom is -0.342 e. The number of nitrogens with zero attached hydrogens (tertiary/aromatic N) is 1. The van der Waals surface area contributed by atoms with E-state index < -0.39 is 0 Å². The molecular weight excluding hydrogens is 326 g/mol. The van der Waals surface area contributed by atoms with Crippen molar-refractivity contribution in [2.24, 2.45) is 5.92 Å². The molecule has 0 spiro atoms. The van der Waals surface area contributed by atoms with Crippen LogP contribution in [0.15, 0.2) is 24.3 Å². The highest BCUT2D eigenvalue weighted by molar-refractivity contribution is 5.97. The molecule has 0 radical (unpaired) electrons. The van der Waals surface area contributed by atoms with E-state index in [1.165, 1.54) is 11.1 Å². The highest BCUT2D eigenvalue weighted by atomic mass is 16.2. The number of carbonyl (C=O) groups excluding carboxylic acids is 2. The Balaban J connectivity index is 1.57. The average Bonchev–Trinajstić information content (AvgIpc) is 3.03. The fraction of sp³-hybridized carbons (Fsp3) is 0.619. The zero-order valence-electron chi connectivity index (χ0n) is 16.3. The monoisotopic (exact) mass is 357 g/mol. The van der Waals surface area contributed by atoms with Crippen LogP contribution < -0.4 is 10.6 Å². The predicted octanol–water partition coefficient (Wildman–Crippen LogP) is 2.41. The first-order valence-corrected chi connectivity index (χ1v) is 9.78. The third kappa shape index (κ3) is 4.09. The van der Waals surface area contributed by atoms with E-state index in [4.69, 9.17) is 0 Å². The molecule has 1 aromatic carbocycles. The first-order chi connectivity index (χ1) is 12.3. The Labute approximate surface area is 156 Å². The van der Waals surface area contributed by atoms with Crippen LogP contribution >= 0.6 is 0 Å². The van der Waals surface area contributed by atoms with Crippen LogP contribution in [0.2, 0.25) is 0 Å². The maximum Gasteiger partial charge on any atom is 0.245 e. The quantitative estimate of drug-likeness (QED) is 0.822. The van der Waals surface area contributed by atoms with Gasteiger partial charge in [-0.3, -0.25) is 9.59 Å². The molecule has 26 heavy (non-hydrogen) atoms. The van der Waals surface area contributed by atoms with Gasteiger partial charge in [0.2, 0.25) is 11.8 Å². The molecule has 3 rings (SSSR count). The van der Waals surface area contributed by atoms with E-state index in [0.717, 1.165) is 6.54 Å². The molecule has 5 nitrogen and oxygen atoms in total. The Morgan fingerprint density at radius 3 is 2.46 bits per heavy atom. The molecule has 0 aliphatic carbocycles. The summed E-state index contributed by atoms with van der Waals surface area (Å²) in [5.41, 5.74) is 2.57. The van der Waals surface area contributed by atoms with Gasteiger partial charge in [-0.15, -0.1) is 0 Å². The molecule has 5 heteroatoms. The largest absolute Gasteiger partial charge is 0.342 e. The van der Waals surface area contributed by atoms with Crippen molar-refractivity contribution in [3.8, 4) is 0 Å². The van der Waals surface area contributed by atoms with Gasteiger partial charge in [0.1, 0.15) is 12.1 Å². The second kappa shape index (κ2) is 7.78. The van der Waals surface area contributed by atoms with Gasteiger partial charge in [0.25, 0.3) is 0 Å².